The summed E-state index contributed by atoms with van der Waals surface area (Å²) < 4.78 is 6.33. The Bertz CT molecular complexity index is 917. The van der Waals surface area contributed by atoms with Gasteiger partial charge in [0.2, 0.25) is 0 Å². The highest BCUT2D eigenvalue weighted by molar-refractivity contribution is 6.31. The van der Waals surface area contributed by atoms with Crippen LogP contribution in [0.5, 0.6) is 11.5 Å². The monoisotopic (exact) mass is 323 g/mol. The fourth-order valence-corrected chi connectivity index (χ4v) is 3.37. The summed E-state index contributed by atoms with van der Waals surface area (Å²) >= 11 is 6.13. The van der Waals surface area contributed by atoms with E-state index in [1.165, 1.54) is 16.8 Å². The summed E-state index contributed by atoms with van der Waals surface area (Å²) in [7, 11) is 0. The molecule has 0 amide bonds. The third kappa shape index (κ3) is 2.57. The zero-order chi connectivity index (χ0) is 16.0. The van der Waals surface area contributed by atoms with E-state index in [2.05, 4.69) is 25.1 Å². The number of ether oxygens (including phenoxy) is 1. The van der Waals surface area contributed by atoms with Crippen molar-refractivity contribution in [2.45, 2.75) is 33.1 Å². The highest BCUT2D eigenvalue weighted by atomic mass is 35.5. The zero-order valence-electron chi connectivity index (χ0n) is 13.3. The van der Waals surface area contributed by atoms with Crippen molar-refractivity contribution in [3.8, 4) is 11.5 Å². The highest BCUT2D eigenvalue weighted by Gasteiger charge is 2.21. The average molecular weight is 324 g/mol. The summed E-state index contributed by atoms with van der Waals surface area (Å²) in [5, 5.41) is 1.86. The van der Waals surface area contributed by atoms with Gasteiger partial charge >= 0.3 is 0 Å². The molecule has 0 atom stereocenters. The number of fused-ring (bicyclic) bond motifs is 2. The second-order valence-electron chi connectivity index (χ2n) is 6.25. The minimum absolute atomic E-state index is 0.762. The number of hydrogen-bond donors (Lipinski definition) is 0. The van der Waals surface area contributed by atoms with E-state index in [0.29, 0.717) is 0 Å². The minimum atomic E-state index is 0.762. The van der Waals surface area contributed by atoms with Crippen molar-refractivity contribution in [3.05, 3.63) is 63.8 Å². The quantitative estimate of drug-likeness (QED) is 0.595. The van der Waals surface area contributed by atoms with Crippen LogP contribution in [0.2, 0.25) is 5.02 Å². The highest BCUT2D eigenvalue weighted by Crippen LogP contribution is 2.39. The molecule has 116 valence electrons. The number of aromatic nitrogens is 1. The summed E-state index contributed by atoms with van der Waals surface area (Å²) in [5.41, 5.74) is 5.69. The van der Waals surface area contributed by atoms with Gasteiger partial charge < -0.3 is 4.74 Å². The minimum Gasteiger partial charge on any atom is -0.456 e. The molecule has 0 radical (unpaired) electrons. The first-order valence-corrected chi connectivity index (χ1v) is 8.36. The number of benzene rings is 2. The Balaban J connectivity index is 1.90. The SMILES string of the molecule is Cc1ccc2nc3c(c(Oc4ccc(Cl)c(C)c4)c2c1)CCC3. The molecule has 1 aromatic heterocycles. The van der Waals surface area contributed by atoms with Crippen LogP contribution >= 0.6 is 11.6 Å². The van der Waals surface area contributed by atoms with Crippen molar-refractivity contribution in [2.75, 3.05) is 0 Å². The maximum atomic E-state index is 6.33. The lowest BCUT2D eigenvalue weighted by molar-refractivity contribution is 0.482. The van der Waals surface area contributed by atoms with Crippen LogP contribution < -0.4 is 4.74 Å². The molecule has 3 aromatic rings. The van der Waals surface area contributed by atoms with Gasteiger partial charge in [-0.05, 0) is 69.0 Å². The molecule has 0 spiro atoms. The van der Waals surface area contributed by atoms with Gasteiger partial charge in [0, 0.05) is 21.7 Å². The molecule has 1 heterocycles. The summed E-state index contributed by atoms with van der Waals surface area (Å²) in [6.07, 6.45) is 3.22. The summed E-state index contributed by atoms with van der Waals surface area (Å²) in [4.78, 5) is 4.83. The van der Waals surface area contributed by atoms with Gasteiger partial charge in [0.1, 0.15) is 11.5 Å². The molecule has 0 aliphatic heterocycles. The Hall–Kier alpha value is -2.06. The Morgan fingerprint density at radius 1 is 1.04 bits per heavy atom. The number of pyridine rings is 1. The first-order valence-electron chi connectivity index (χ1n) is 7.98. The molecular formula is C20H18ClNO. The van der Waals surface area contributed by atoms with E-state index in [-0.39, 0.29) is 0 Å². The number of halogens is 1. The molecule has 0 fully saturated rings. The van der Waals surface area contributed by atoms with Crippen molar-refractivity contribution in [3.63, 3.8) is 0 Å². The third-order valence-electron chi connectivity index (χ3n) is 4.46. The number of nitrogens with zero attached hydrogens (tertiary/aromatic N) is 1. The molecule has 0 N–H and O–H groups in total. The molecule has 1 aliphatic rings. The van der Waals surface area contributed by atoms with Crippen LogP contribution in [-0.4, -0.2) is 4.98 Å². The molecule has 0 unspecified atom stereocenters. The lowest BCUT2D eigenvalue weighted by Gasteiger charge is -2.15. The van der Waals surface area contributed by atoms with Crippen molar-refractivity contribution in [1.29, 1.82) is 0 Å². The molecule has 3 heteroatoms. The summed E-state index contributed by atoms with van der Waals surface area (Å²) in [6.45, 7) is 4.09. The smallest absolute Gasteiger partial charge is 0.141 e. The first-order chi connectivity index (χ1) is 11.1. The van der Waals surface area contributed by atoms with Gasteiger partial charge in [0.05, 0.1) is 5.52 Å². The van der Waals surface area contributed by atoms with Crippen LogP contribution in [-0.2, 0) is 12.8 Å². The van der Waals surface area contributed by atoms with Gasteiger partial charge in [-0.15, -0.1) is 0 Å². The van der Waals surface area contributed by atoms with E-state index in [1.807, 2.05) is 25.1 Å². The van der Waals surface area contributed by atoms with Crippen LogP contribution in [0.3, 0.4) is 0 Å². The molecule has 23 heavy (non-hydrogen) atoms. The van der Waals surface area contributed by atoms with E-state index in [9.17, 15) is 0 Å². The van der Waals surface area contributed by atoms with Crippen LogP contribution in [0.15, 0.2) is 36.4 Å². The number of aryl methyl sites for hydroxylation is 3. The topological polar surface area (TPSA) is 22.1 Å². The lowest BCUT2D eigenvalue weighted by atomic mass is 10.1. The van der Waals surface area contributed by atoms with E-state index < -0.39 is 0 Å². The Kier molecular flexibility index (Phi) is 3.50. The number of rotatable bonds is 2. The van der Waals surface area contributed by atoms with Crippen LogP contribution in [0.25, 0.3) is 10.9 Å². The predicted molar refractivity (Wildman–Crippen MR) is 94.8 cm³/mol. The van der Waals surface area contributed by atoms with Crippen molar-refractivity contribution < 1.29 is 4.74 Å². The maximum absolute atomic E-state index is 6.33. The van der Waals surface area contributed by atoms with E-state index >= 15 is 0 Å². The van der Waals surface area contributed by atoms with Gasteiger partial charge in [-0.3, -0.25) is 4.98 Å². The van der Waals surface area contributed by atoms with Crippen LogP contribution in [0.4, 0.5) is 0 Å². The van der Waals surface area contributed by atoms with Crippen molar-refractivity contribution in [2.24, 2.45) is 0 Å². The van der Waals surface area contributed by atoms with Gasteiger partial charge in [-0.25, -0.2) is 0 Å². The first kappa shape index (κ1) is 14.5. The molecule has 2 nitrogen and oxygen atoms in total. The molecule has 4 rings (SSSR count). The van der Waals surface area contributed by atoms with Crippen LogP contribution in [0.1, 0.15) is 28.8 Å². The fourth-order valence-electron chi connectivity index (χ4n) is 3.25. The van der Waals surface area contributed by atoms with E-state index in [4.69, 9.17) is 21.3 Å². The summed E-state index contributed by atoms with van der Waals surface area (Å²) in [6, 6.07) is 12.2. The molecular weight excluding hydrogens is 306 g/mol. The number of hydrogen-bond acceptors (Lipinski definition) is 2. The molecule has 0 saturated carbocycles. The summed E-state index contributed by atoms with van der Waals surface area (Å²) in [5.74, 6) is 1.79. The molecule has 1 aliphatic carbocycles. The predicted octanol–water partition coefficient (Wildman–Crippen LogP) is 5.79. The Labute approximate surface area is 141 Å². The maximum Gasteiger partial charge on any atom is 0.141 e. The standard InChI is InChI=1S/C20H18ClNO/c1-12-6-9-19-16(10-12)20(15-4-3-5-18(15)22-19)23-14-7-8-17(21)13(2)11-14/h6-11H,3-5H2,1-2H3. The normalized spacial score (nSPS) is 13.3. The van der Waals surface area contributed by atoms with Crippen LogP contribution in [0, 0.1) is 13.8 Å². The Morgan fingerprint density at radius 3 is 2.74 bits per heavy atom. The zero-order valence-corrected chi connectivity index (χ0v) is 14.1. The second kappa shape index (κ2) is 5.54. The van der Waals surface area contributed by atoms with E-state index in [1.54, 1.807) is 0 Å². The molecule has 2 aromatic carbocycles. The largest absolute Gasteiger partial charge is 0.456 e. The second-order valence-corrected chi connectivity index (χ2v) is 6.66. The van der Waals surface area contributed by atoms with Gasteiger partial charge in [0.15, 0.2) is 0 Å². The molecule has 0 bridgehead atoms. The van der Waals surface area contributed by atoms with Gasteiger partial charge in [-0.2, -0.15) is 0 Å². The molecule has 0 saturated heterocycles. The van der Waals surface area contributed by atoms with Crippen molar-refractivity contribution >= 4 is 22.5 Å². The van der Waals surface area contributed by atoms with E-state index in [0.717, 1.165) is 52.3 Å². The Morgan fingerprint density at radius 2 is 1.91 bits per heavy atom. The van der Waals surface area contributed by atoms with Gasteiger partial charge in [0.25, 0.3) is 0 Å². The van der Waals surface area contributed by atoms with Gasteiger partial charge in [-0.1, -0.05) is 23.2 Å². The lowest BCUT2D eigenvalue weighted by Crippen LogP contribution is -1.97. The third-order valence-corrected chi connectivity index (χ3v) is 4.89. The van der Waals surface area contributed by atoms with Crippen molar-refractivity contribution in [1.82, 2.24) is 4.98 Å². The average Bonchev–Trinajstić information content (AvgIpc) is 2.99. The fraction of sp³-hybridized carbons (Fsp3) is 0.250.